The largest absolute Gasteiger partial charge is 0.449 e. The summed E-state index contributed by atoms with van der Waals surface area (Å²) in [6, 6.07) is 13.2. The van der Waals surface area contributed by atoms with Crippen LogP contribution in [-0.2, 0) is 25.9 Å². The Bertz CT molecular complexity index is 931. The summed E-state index contributed by atoms with van der Waals surface area (Å²) >= 11 is 0. The van der Waals surface area contributed by atoms with Crippen LogP contribution in [0.15, 0.2) is 59.5 Å². The van der Waals surface area contributed by atoms with Crippen molar-refractivity contribution in [2.45, 2.75) is 30.2 Å². The van der Waals surface area contributed by atoms with Gasteiger partial charge >= 0.3 is 11.7 Å². The number of esters is 1. The van der Waals surface area contributed by atoms with Crippen LogP contribution in [0.1, 0.15) is 22.8 Å². The summed E-state index contributed by atoms with van der Waals surface area (Å²) in [6.45, 7) is 1.75. The van der Waals surface area contributed by atoms with Crippen LogP contribution < -0.4 is 0 Å². The Kier molecular flexibility index (Phi) is 6.85. The van der Waals surface area contributed by atoms with Gasteiger partial charge in [-0.25, -0.2) is 13.2 Å². The van der Waals surface area contributed by atoms with Crippen molar-refractivity contribution in [1.29, 1.82) is 0 Å². The van der Waals surface area contributed by atoms with Gasteiger partial charge in [0.15, 0.2) is 6.10 Å². The molecule has 150 valence electrons. The molecule has 0 N–H and O–H groups in total. The Hall–Kier alpha value is -2.81. The maximum absolute atomic E-state index is 12.5. The monoisotopic (exact) mass is 411 g/mol. The SMILES string of the molecule is C[C@@H](OC(=O)c1ccc(S(=O)(=O)C(F)F)cc1)C(=O)N(C)Cc1ccccc1. The third-order valence-corrected chi connectivity index (χ3v) is 5.32. The molecule has 0 aliphatic heterocycles. The molecule has 9 heteroatoms. The highest BCUT2D eigenvalue weighted by Gasteiger charge is 2.27. The molecule has 6 nitrogen and oxygen atoms in total. The molecular formula is C19H19F2NO5S. The van der Waals surface area contributed by atoms with Crippen LogP contribution in [0.25, 0.3) is 0 Å². The van der Waals surface area contributed by atoms with E-state index in [-0.39, 0.29) is 5.56 Å². The fraction of sp³-hybridized carbons (Fsp3) is 0.263. The number of amides is 1. The third-order valence-electron chi connectivity index (χ3n) is 3.92. The number of ether oxygens (including phenoxy) is 1. The Morgan fingerprint density at radius 2 is 1.61 bits per heavy atom. The quantitative estimate of drug-likeness (QED) is 0.655. The highest BCUT2D eigenvalue weighted by molar-refractivity contribution is 7.91. The van der Waals surface area contributed by atoms with E-state index >= 15 is 0 Å². The molecule has 0 aliphatic rings. The van der Waals surface area contributed by atoms with Crippen LogP contribution >= 0.6 is 0 Å². The van der Waals surface area contributed by atoms with Gasteiger partial charge < -0.3 is 9.64 Å². The number of alkyl halides is 2. The molecule has 0 fully saturated rings. The standard InChI is InChI=1S/C19H19F2NO5S/c1-13(17(23)22(2)12-14-6-4-3-5-7-14)27-18(24)15-8-10-16(11-9-15)28(25,26)19(20)21/h3-11,13,19H,12H2,1-2H3/t13-/m1/s1. The van der Waals surface area contributed by atoms with E-state index in [1.165, 1.54) is 11.8 Å². The lowest BCUT2D eigenvalue weighted by molar-refractivity contribution is -0.139. The maximum Gasteiger partial charge on any atom is 0.341 e. The number of carbonyl (C=O) groups is 2. The number of rotatable bonds is 7. The van der Waals surface area contributed by atoms with E-state index in [9.17, 15) is 26.8 Å². The molecule has 0 aromatic heterocycles. The van der Waals surface area contributed by atoms with E-state index in [0.717, 1.165) is 29.8 Å². The summed E-state index contributed by atoms with van der Waals surface area (Å²) in [7, 11) is -3.17. The van der Waals surface area contributed by atoms with E-state index in [4.69, 9.17) is 4.74 Å². The number of nitrogens with zero attached hydrogens (tertiary/aromatic N) is 1. The molecule has 0 spiro atoms. The molecule has 0 bridgehead atoms. The minimum atomic E-state index is -4.74. The molecule has 28 heavy (non-hydrogen) atoms. The van der Waals surface area contributed by atoms with E-state index in [1.807, 2.05) is 30.3 Å². The first kappa shape index (κ1) is 21.5. The molecule has 0 heterocycles. The summed E-state index contributed by atoms with van der Waals surface area (Å²) in [4.78, 5) is 25.3. The highest BCUT2D eigenvalue weighted by Crippen LogP contribution is 2.19. The Morgan fingerprint density at radius 1 is 1.04 bits per heavy atom. The van der Waals surface area contributed by atoms with Crippen molar-refractivity contribution < 1.29 is 31.5 Å². The molecular weight excluding hydrogens is 392 g/mol. The second-order valence-corrected chi connectivity index (χ2v) is 7.98. The number of hydrogen-bond donors (Lipinski definition) is 0. The minimum Gasteiger partial charge on any atom is -0.449 e. The van der Waals surface area contributed by atoms with Crippen molar-refractivity contribution in [1.82, 2.24) is 4.90 Å². The molecule has 1 amide bonds. The summed E-state index contributed by atoms with van der Waals surface area (Å²) < 4.78 is 52.9. The van der Waals surface area contributed by atoms with Crippen LogP contribution in [0.4, 0.5) is 8.78 Å². The van der Waals surface area contributed by atoms with Gasteiger partial charge in [-0.05, 0) is 36.8 Å². The first-order chi connectivity index (χ1) is 13.1. The average Bonchev–Trinajstić information content (AvgIpc) is 2.67. The summed E-state index contributed by atoms with van der Waals surface area (Å²) in [5.41, 5.74) is 0.853. The molecule has 2 rings (SSSR count). The van der Waals surface area contributed by atoms with Crippen LogP contribution in [0.5, 0.6) is 0 Å². The second kappa shape index (κ2) is 8.92. The number of sulfone groups is 1. The van der Waals surface area contributed by atoms with Gasteiger partial charge in [-0.2, -0.15) is 8.78 Å². The average molecular weight is 411 g/mol. The fourth-order valence-electron chi connectivity index (χ4n) is 2.41. The van der Waals surface area contributed by atoms with Crippen molar-refractivity contribution in [2.24, 2.45) is 0 Å². The Balaban J connectivity index is 2.00. The normalized spacial score (nSPS) is 12.5. The maximum atomic E-state index is 12.5. The predicted octanol–water partition coefficient (Wildman–Crippen LogP) is 2.89. The topological polar surface area (TPSA) is 80.8 Å². The number of carbonyl (C=O) groups excluding carboxylic acids is 2. The highest BCUT2D eigenvalue weighted by atomic mass is 32.2. The number of likely N-dealkylation sites (N-methyl/N-ethyl adjacent to an activating group) is 1. The van der Waals surface area contributed by atoms with Gasteiger partial charge in [0.05, 0.1) is 10.5 Å². The van der Waals surface area contributed by atoms with E-state index in [0.29, 0.717) is 6.54 Å². The molecule has 2 aromatic carbocycles. The van der Waals surface area contributed by atoms with Gasteiger partial charge in [0, 0.05) is 13.6 Å². The van der Waals surface area contributed by atoms with Crippen molar-refractivity contribution in [3.63, 3.8) is 0 Å². The zero-order chi connectivity index (χ0) is 20.9. The van der Waals surface area contributed by atoms with Gasteiger partial charge in [-0.1, -0.05) is 30.3 Å². The number of benzene rings is 2. The molecule has 1 atom stereocenters. The van der Waals surface area contributed by atoms with Crippen molar-refractivity contribution in [3.05, 3.63) is 65.7 Å². The lowest BCUT2D eigenvalue weighted by Crippen LogP contribution is -2.37. The summed E-state index contributed by atoms with van der Waals surface area (Å²) in [6.07, 6.45) is -1.08. The van der Waals surface area contributed by atoms with E-state index < -0.39 is 38.5 Å². The number of halogens is 2. The van der Waals surface area contributed by atoms with E-state index in [2.05, 4.69) is 0 Å². The zero-order valence-corrected chi connectivity index (χ0v) is 16.0. The van der Waals surface area contributed by atoms with Gasteiger partial charge in [-0.3, -0.25) is 4.79 Å². The lowest BCUT2D eigenvalue weighted by atomic mass is 10.2. The smallest absolute Gasteiger partial charge is 0.341 e. The summed E-state index contributed by atoms with van der Waals surface area (Å²) in [5.74, 6) is -4.84. The summed E-state index contributed by atoms with van der Waals surface area (Å²) in [5, 5.41) is 0. The van der Waals surface area contributed by atoms with Crippen molar-refractivity contribution in [2.75, 3.05) is 7.05 Å². The Morgan fingerprint density at radius 3 is 2.14 bits per heavy atom. The molecule has 0 radical (unpaired) electrons. The molecule has 0 saturated carbocycles. The fourth-order valence-corrected chi connectivity index (χ4v) is 3.13. The predicted molar refractivity (Wildman–Crippen MR) is 97.4 cm³/mol. The van der Waals surface area contributed by atoms with Crippen molar-refractivity contribution in [3.8, 4) is 0 Å². The molecule has 0 saturated heterocycles. The molecule has 0 unspecified atom stereocenters. The minimum absolute atomic E-state index is 0.0569. The zero-order valence-electron chi connectivity index (χ0n) is 15.2. The van der Waals surface area contributed by atoms with Gasteiger partial charge in [0.2, 0.25) is 9.84 Å². The van der Waals surface area contributed by atoms with Crippen LogP contribution in [0, 0.1) is 0 Å². The van der Waals surface area contributed by atoms with Gasteiger partial charge in [0.1, 0.15) is 0 Å². The lowest BCUT2D eigenvalue weighted by Gasteiger charge is -2.21. The molecule has 0 aliphatic carbocycles. The van der Waals surface area contributed by atoms with Gasteiger partial charge in [0.25, 0.3) is 5.91 Å². The second-order valence-electron chi connectivity index (χ2n) is 6.06. The van der Waals surface area contributed by atoms with Crippen molar-refractivity contribution >= 4 is 21.7 Å². The van der Waals surface area contributed by atoms with Crippen LogP contribution in [-0.4, -0.2) is 44.1 Å². The first-order valence-corrected chi connectivity index (χ1v) is 9.79. The third kappa shape index (κ3) is 5.13. The van der Waals surface area contributed by atoms with E-state index in [1.54, 1.807) is 7.05 Å². The van der Waals surface area contributed by atoms with Gasteiger partial charge in [-0.15, -0.1) is 0 Å². The molecule has 2 aromatic rings. The van der Waals surface area contributed by atoms with Crippen LogP contribution in [0.3, 0.4) is 0 Å². The first-order valence-electron chi connectivity index (χ1n) is 8.25. The Labute approximate surface area is 161 Å². The number of hydrogen-bond acceptors (Lipinski definition) is 5. The van der Waals surface area contributed by atoms with Crippen LogP contribution in [0.2, 0.25) is 0 Å².